The van der Waals surface area contributed by atoms with Gasteiger partial charge in [0.1, 0.15) is 36.5 Å². The van der Waals surface area contributed by atoms with Crippen LogP contribution in [0.2, 0.25) is 0 Å². The molecule has 2 heterocycles. The second kappa shape index (κ2) is 17.0. The van der Waals surface area contributed by atoms with Gasteiger partial charge in [0.25, 0.3) is 11.8 Å². The maximum absolute atomic E-state index is 14.1. The fourth-order valence-electron chi connectivity index (χ4n) is 4.39. The third-order valence-electron chi connectivity index (χ3n) is 6.42. The molecule has 2 aliphatic rings. The lowest BCUT2D eigenvalue weighted by Gasteiger charge is -2.51. The number of amides is 2. The molecule has 1 aromatic rings. The minimum Gasteiger partial charge on any atom is -0.614 e. The Labute approximate surface area is 321 Å². The van der Waals surface area contributed by atoms with Crippen LogP contribution in [0.3, 0.4) is 0 Å². The Hall–Kier alpha value is -0.970. The quantitative estimate of drug-likeness (QED) is 0.0767. The fourth-order valence-corrected chi connectivity index (χ4v) is 6.93. The number of carbonyl (C=O) groups is 5. The van der Waals surface area contributed by atoms with Crippen LogP contribution in [0.1, 0.15) is 13.3 Å². The number of nitrogens with one attached hydrogen (secondary N) is 1. The molecule has 3 rings (SSSR count). The molecule has 4 atom stereocenters. The SMILES string of the molecule is CC1=C(C(=O)OCC(Cl)(Cl)Cl)N2C(=O)C(NC(=O)COc3ccccc3)[C@@H]2[S+]([O-])C1CC(C(=O)OCC(Cl)(Cl)Cl)C(=O)OCC(Cl)(Cl)Cl. The minimum absolute atomic E-state index is 0.0715. The third-order valence-corrected chi connectivity index (χ3v) is 9.47. The lowest BCUT2D eigenvalue weighted by Crippen LogP contribution is -2.76. The number of halogens is 9. The van der Waals surface area contributed by atoms with E-state index < -0.39 is 113 Å². The standard InChI is InChI=1S/C26H23Cl9N2O10S/c1-12-15(7-14(21(40)45-9-24(27,28)29)22(41)46-10-25(30,31)32)48(43)20-17(36-16(38)8-44-13-5-3-2-4-6-13)19(39)37(20)18(12)23(42)47-11-26(33,34)35/h2-6,14-15,17,20H,7-11H2,1H3,(H,36,38)/t15?,17?,20-,48?/m0/s1. The molecule has 266 valence electrons. The first-order valence-electron chi connectivity index (χ1n) is 13.2. The van der Waals surface area contributed by atoms with Crippen molar-refractivity contribution in [2.24, 2.45) is 5.92 Å². The van der Waals surface area contributed by atoms with Crippen molar-refractivity contribution in [1.82, 2.24) is 10.2 Å². The molecule has 0 spiro atoms. The number of para-hydroxylation sites is 1. The first kappa shape index (κ1) is 41.5. The Morgan fingerprint density at radius 3 is 1.88 bits per heavy atom. The van der Waals surface area contributed by atoms with Gasteiger partial charge in [0.2, 0.25) is 16.8 Å². The number of benzene rings is 1. The maximum atomic E-state index is 14.1. The van der Waals surface area contributed by atoms with Gasteiger partial charge in [-0.1, -0.05) is 123 Å². The molecule has 12 nitrogen and oxygen atoms in total. The number of ether oxygens (including phenoxy) is 4. The number of hydrogen-bond acceptors (Lipinski definition) is 10. The average Bonchev–Trinajstić information content (AvgIpc) is 2.98. The van der Waals surface area contributed by atoms with Gasteiger partial charge >= 0.3 is 17.9 Å². The molecule has 1 aromatic carbocycles. The Kier molecular flexibility index (Phi) is 14.7. The van der Waals surface area contributed by atoms with Crippen LogP contribution in [-0.2, 0) is 49.4 Å². The van der Waals surface area contributed by atoms with Crippen molar-refractivity contribution < 1.29 is 47.5 Å². The Bertz CT molecular complexity index is 1390. The molecule has 1 saturated heterocycles. The number of β-lactam (4-membered cyclic amide) rings is 1. The van der Waals surface area contributed by atoms with Gasteiger partial charge in [0.15, 0.2) is 18.6 Å². The van der Waals surface area contributed by atoms with Gasteiger partial charge in [-0.15, -0.1) is 0 Å². The number of alkyl halides is 9. The number of nitrogens with zero attached hydrogens (tertiary/aromatic N) is 1. The van der Waals surface area contributed by atoms with E-state index in [0.717, 1.165) is 4.90 Å². The van der Waals surface area contributed by atoms with E-state index in [1.807, 2.05) is 0 Å². The van der Waals surface area contributed by atoms with Crippen molar-refractivity contribution in [3.8, 4) is 5.75 Å². The predicted octanol–water partition coefficient (Wildman–Crippen LogP) is 4.87. The monoisotopic (exact) mass is 870 g/mol. The highest BCUT2D eigenvalue weighted by Gasteiger charge is 2.64. The molecule has 0 radical (unpaired) electrons. The summed E-state index contributed by atoms with van der Waals surface area (Å²) in [7, 11) is 0. The van der Waals surface area contributed by atoms with E-state index in [2.05, 4.69) is 5.32 Å². The van der Waals surface area contributed by atoms with Crippen molar-refractivity contribution in [3.63, 3.8) is 0 Å². The molecule has 0 bridgehead atoms. The zero-order chi connectivity index (χ0) is 36.2. The zero-order valence-electron chi connectivity index (χ0n) is 24.1. The van der Waals surface area contributed by atoms with E-state index in [9.17, 15) is 28.5 Å². The highest BCUT2D eigenvalue weighted by atomic mass is 35.6. The lowest BCUT2D eigenvalue weighted by atomic mass is 9.95. The van der Waals surface area contributed by atoms with Crippen molar-refractivity contribution in [2.75, 3.05) is 26.4 Å². The van der Waals surface area contributed by atoms with Crippen LogP contribution in [0.5, 0.6) is 5.75 Å². The largest absolute Gasteiger partial charge is 0.614 e. The average molecular weight is 875 g/mol. The van der Waals surface area contributed by atoms with Gasteiger partial charge in [0.05, 0.1) is 0 Å². The molecule has 0 aromatic heterocycles. The predicted molar refractivity (Wildman–Crippen MR) is 181 cm³/mol. The highest BCUT2D eigenvalue weighted by Crippen LogP contribution is 2.43. The van der Waals surface area contributed by atoms with Gasteiger partial charge in [-0.2, -0.15) is 0 Å². The third kappa shape index (κ3) is 11.8. The molecule has 3 unspecified atom stereocenters. The molecule has 0 saturated carbocycles. The van der Waals surface area contributed by atoms with Gasteiger partial charge in [-0.05, 0) is 30.2 Å². The topological polar surface area (TPSA) is 161 Å². The second-order valence-corrected chi connectivity index (χ2v) is 19.3. The number of carbonyl (C=O) groups excluding carboxylic acids is 5. The molecular formula is C26H23Cl9N2O10S. The Balaban J connectivity index is 1.95. The molecule has 1 N–H and O–H groups in total. The van der Waals surface area contributed by atoms with Crippen LogP contribution in [0.15, 0.2) is 41.6 Å². The molecule has 1 fully saturated rings. The van der Waals surface area contributed by atoms with Crippen molar-refractivity contribution >= 4 is 145 Å². The lowest BCUT2D eigenvalue weighted by molar-refractivity contribution is -0.162. The first-order chi connectivity index (χ1) is 22.1. The fraction of sp³-hybridized carbons (Fsp3) is 0.500. The molecule has 2 aliphatic heterocycles. The van der Waals surface area contributed by atoms with Crippen LogP contribution in [-0.4, -0.2) is 93.6 Å². The van der Waals surface area contributed by atoms with Crippen LogP contribution < -0.4 is 10.1 Å². The van der Waals surface area contributed by atoms with Gasteiger partial charge in [-0.3, -0.25) is 24.1 Å². The summed E-state index contributed by atoms with van der Waals surface area (Å²) >= 11 is 49.0. The van der Waals surface area contributed by atoms with E-state index in [4.69, 9.17) is 123 Å². The number of rotatable bonds is 12. The first-order valence-corrected chi connectivity index (χ1v) is 17.9. The van der Waals surface area contributed by atoms with E-state index in [0.29, 0.717) is 5.75 Å². The molecular weight excluding hydrogens is 851 g/mol. The molecule has 48 heavy (non-hydrogen) atoms. The summed E-state index contributed by atoms with van der Waals surface area (Å²) < 4.78 is 28.3. The second-order valence-electron chi connectivity index (χ2n) is 10.0. The maximum Gasteiger partial charge on any atom is 0.355 e. The minimum atomic E-state index is -2.22. The summed E-state index contributed by atoms with van der Waals surface area (Å²) in [6, 6.07) is 6.85. The van der Waals surface area contributed by atoms with Crippen molar-refractivity contribution in [2.45, 2.75) is 41.4 Å². The summed E-state index contributed by atoms with van der Waals surface area (Å²) in [6.07, 6.45) is -0.659. The number of hydrogen-bond donors (Lipinski definition) is 1. The molecule has 22 heteroatoms. The normalized spacial score (nSPS) is 21.2. The summed E-state index contributed by atoms with van der Waals surface area (Å²) in [5.41, 5.74) is -0.504. The number of esters is 3. The van der Waals surface area contributed by atoms with Crippen LogP contribution >= 0.6 is 104 Å². The van der Waals surface area contributed by atoms with Crippen molar-refractivity contribution in [1.29, 1.82) is 0 Å². The Morgan fingerprint density at radius 2 is 1.38 bits per heavy atom. The van der Waals surface area contributed by atoms with Crippen LogP contribution in [0.4, 0.5) is 0 Å². The summed E-state index contributed by atoms with van der Waals surface area (Å²) in [4.78, 5) is 66.4. The van der Waals surface area contributed by atoms with Gasteiger partial charge in [-0.25, -0.2) is 4.79 Å². The summed E-state index contributed by atoms with van der Waals surface area (Å²) in [5.74, 6) is -6.86. The van der Waals surface area contributed by atoms with Crippen molar-refractivity contribution in [3.05, 3.63) is 41.6 Å². The van der Waals surface area contributed by atoms with E-state index in [-0.39, 0.29) is 5.57 Å². The van der Waals surface area contributed by atoms with E-state index in [1.54, 1.807) is 30.3 Å². The molecule has 0 aliphatic carbocycles. The van der Waals surface area contributed by atoms with E-state index in [1.165, 1.54) is 6.92 Å². The zero-order valence-corrected chi connectivity index (χ0v) is 31.7. The Morgan fingerprint density at radius 1 is 0.875 bits per heavy atom. The highest BCUT2D eigenvalue weighted by molar-refractivity contribution is 7.93. The smallest absolute Gasteiger partial charge is 0.355 e. The van der Waals surface area contributed by atoms with Gasteiger partial charge in [0, 0.05) is 12.0 Å². The van der Waals surface area contributed by atoms with E-state index >= 15 is 0 Å². The van der Waals surface area contributed by atoms with Crippen LogP contribution in [0, 0.1) is 5.92 Å². The number of fused-ring (bicyclic) bond motifs is 1. The summed E-state index contributed by atoms with van der Waals surface area (Å²) in [5, 5.41) is -0.320. The molecule has 2 amide bonds. The summed E-state index contributed by atoms with van der Waals surface area (Å²) in [6.45, 7) is -1.57. The van der Waals surface area contributed by atoms with Gasteiger partial charge < -0.3 is 28.8 Å². The van der Waals surface area contributed by atoms with Crippen LogP contribution in [0.25, 0.3) is 0 Å².